The molecule has 5 nitrogen and oxygen atoms in total. The molecule has 2 aliphatic carbocycles. The standard InChI is InChI=1S/C13H23N5S/c1-2-14-5-6-18-13(15-16-17-18)19-9-12-8-10-3-4-11(12)7-10/h10-12,14H,2-9H2,1H3. The summed E-state index contributed by atoms with van der Waals surface area (Å²) in [5.74, 6) is 4.12. The van der Waals surface area contributed by atoms with Gasteiger partial charge in [-0.05, 0) is 54.0 Å². The minimum Gasteiger partial charge on any atom is -0.315 e. The van der Waals surface area contributed by atoms with Crippen molar-refractivity contribution in [3.05, 3.63) is 0 Å². The lowest BCUT2D eigenvalue weighted by Crippen LogP contribution is -2.20. The van der Waals surface area contributed by atoms with Crippen molar-refractivity contribution in [1.29, 1.82) is 0 Å². The van der Waals surface area contributed by atoms with E-state index in [1.54, 1.807) is 0 Å². The lowest BCUT2D eigenvalue weighted by Gasteiger charge is -2.20. The molecule has 3 atom stereocenters. The number of likely N-dealkylation sites (N-methyl/N-ethyl adjacent to an activating group) is 1. The van der Waals surface area contributed by atoms with Crippen LogP contribution in [0.1, 0.15) is 32.6 Å². The second-order valence-electron chi connectivity index (χ2n) is 5.78. The molecule has 106 valence electrons. The maximum Gasteiger partial charge on any atom is 0.209 e. The number of tetrazole rings is 1. The van der Waals surface area contributed by atoms with Crippen LogP contribution in [-0.4, -0.2) is 39.0 Å². The summed E-state index contributed by atoms with van der Waals surface area (Å²) in [6.07, 6.45) is 5.86. The number of thioether (sulfide) groups is 1. The van der Waals surface area contributed by atoms with Crippen molar-refractivity contribution in [2.45, 2.75) is 44.3 Å². The van der Waals surface area contributed by atoms with Crippen LogP contribution in [0.25, 0.3) is 0 Å². The van der Waals surface area contributed by atoms with Gasteiger partial charge in [-0.2, -0.15) is 0 Å². The first kappa shape index (κ1) is 13.4. The molecule has 0 radical (unpaired) electrons. The van der Waals surface area contributed by atoms with Crippen molar-refractivity contribution < 1.29 is 0 Å². The second kappa shape index (κ2) is 6.22. The summed E-state index contributed by atoms with van der Waals surface area (Å²) in [5.41, 5.74) is 0. The van der Waals surface area contributed by atoms with E-state index in [1.165, 1.54) is 31.4 Å². The van der Waals surface area contributed by atoms with E-state index in [0.717, 1.165) is 42.5 Å². The van der Waals surface area contributed by atoms with Gasteiger partial charge in [-0.15, -0.1) is 5.10 Å². The van der Waals surface area contributed by atoms with Crippen molar-refractivity contribution in [2.24, 2.45) is 17.8 Å². The van der Waals surface area contributed by atoms with Crippen molar-refractivity contribution >= 4 is 11.8 Å². The van der Waals surface area contributed by atoms with Crippen molar-refractivity contribution in [1.82, 2.24) is 25.5 Å². The van der Waals surface area contributed by atoms with Gasteiger partial charge < -0.3 is 5.32 Å². The molecule has 0 spiro atoms. The quantitative estimate of drug-likeness (QED) is 0.610. The maximum atomic E-state index is 4.16. The lowest BCUT2D eigenvalue weighted by atomic mass is 9.90. The van der Waals surface area contributed by atoms with Crippen LogP contribution in [0.3, 0.4) is 0 Å². The number of aromatic nitrogens is 4. The second-order valence-corrected chi connectivity index (χ2v) is 6.77. The summed E-state index contributed by atoms with van der Waals surface area (Å²) in [6, 6.07) is 0. The van der Waals surface area contributed by atoms with Crippen molar-refractivity contribution in [2.75, 3.05) is 18.8 Å². The zero-order chi connectivity index (χ0) is 13.1. The van der Waals surface area contributed by atoms with Gasteiger partial charge in [0, 0.05) is 12.3 Å². The van der Waals surface area contributed by atoms with Gasteiger partial charge in [0.25, 0.3) is 0 Å². The van der Waals surface area contributed by atoms with E-state index in [0.29, 0.717) is 0 Å². The predicted octanol–water partition coefficient (Wildman–Crippen LogP) is 1.81. The van der Waals surface area contributed by atoms with Gasteiger partial charge in [0.1, 0.15) is 0 Å². The molecule has 1 heterocycles. The van der Waals surface area contributed by atoms with Crippen LogP contribution in [0.4, 0.5) is 0 Å². The van der Waals surface area contributed by atoms with Gasteiger partial charge >= 0.3 is 0 Å². The molecular weight excluding hydrogens is 258 g/mol. The molecule has 0 aliphatic heterocycles. The first-order valence-corrected chi connectivity index (χ1v) is 8.45. The molecule has 2 aliphatic rings. The molecule has 1 N–H and O–H groups in total. The monoisotopic (exact) mass is 281 g/mol. The van der Waals surface area contributed by atoms with Gasteiger partial charge in [-0.3, -0.25) is 0 Å². The van der Waals surface area contributed by atoms with Crippen molar-refractivity contribution in [3.63, 3.8) is 0 Å². The third-order valence-corrected chi connectivity index (χ3v) is 5.71. The average molecular weight is 281 g/mol. The Morgan fingerprint density at radius 1 is 1.37 bits per heavy atom. The molecule has 2 bridgehead atoms. The summed E-state index contributed by atoms with van der Waals surface area (Å²) in [4.78, 5) is 0. The van der Waals surface area contributed by atoms with Gasteiger partial charge in [0.05, 0.1) is 6.54 Å². The Hall–Kier alpha value is -0.620. The fourth-order valence-corrected chi connectivity index (χ4v) is 4.71. The molecule has 0 aromatic carbocycles. The Morgan fingerprint density at radius 3 is 3.05 bits per heavy atom. The SMILES string of the molecule is CCNCCn1nnnc1SCC1CC2CCC1C2. The van der Waals surface area contributed by atoms with E-state index < -0.39 is 0 Å². The third kappa shape index (κ3) is 3.11. The first-order valence-electron chi connectivity index (χ1n) is 7.46. The van der Waals surface area contributed by atoms with Crippen LogP contribution in [-0.2, 0) is 6.54 Å². The molecule has 0 saturated heterocycles. The minimum absolute atomic E-state index is 0.861. The lowest BCUT2D eigenvalue weighted by molar-refractivity contribution is 0.365. The van der Waals surface area contributed by atoms with Crippen LogP contribution >= 0.6 is 11.8 Å². The molecule has 3 rings (SSSR count). The molecule has 2 fully saturated rings. The predicted molar refractivity (Wildman–Crippen MR) is 76.0 cm³/mol. The van der Waals surface area contributed by atoms with Crippen molar-refractivity contribution in [3.8, 4) is 0 Å². The Morgan fingerprint density at radius 2 is 2.32 bits per heavy atom. The number of hydrogen-bond donors (Lipinski definition) is 1. The zero-order valence-electron chi connectivity index (χ0n) is 11.6. The molecule has 1 aromatic heterocycles. The molecule has 2 saturated carbocycles. The molecule has 0 amide bonds. The number of rotatable bonds is 7. The van der Waals surface area contributed by atoms with Crippen LogP contribution in [0.15, 0.2) is 5.16 Å². The largest absolute Gasteiger partial charge is 0.315 e. The summed E-state index contributed by atoms with van der Waals surface area (Å²) >= 11 is 1.85. The van der Waals surface area contributed by atoms with E-state index in [2.05, 4.69) is 27.8 Å². The van der Waals surface area contributed by atoms with Gasteiger partial charge in [0.15, 0.2) is 0 Å². The number of fused-ring (bicyclic) bond motifs is 2. The third-order valence-electron chi connectivity index (χ3n) is 4.56. The highest BCUT2D eigenvalue weighted by atomic mass is 32.2. The Balaban J connectivity index is 1.48. The van der Waals surface area contributed by atoms with Crippen LogP contribution in [0.2, 0.25) is 0 Å². The van der Waals surface area contributed by atoms with E-state index >= 15 is 0 Å². The minimum atomic E-state index is 0.861. The van der Waals surface area contributed by atoms with Gasteiger partial charge in [0.2, 0.25) is 5.16 Å². The van der Waals surface area contributed by atoms with E-state index in [-0.39, 0.29) is 0 Å². The van der Waals surface area contributed by atoms with Gasteiger partial charge in [-0.25, -0.2) is 4.68 Å². The summed E-state index contributed by atoms with van der Waals surface area (Å²) in [5, 5.41) is 16.3. The fourth-order valence-electron chi connectivity index (χ4n) is 3.56. The topological polar surface area (TPSA) is 55.6 Å². The number of nitrogens with zero attached hydrogens (tertiary/aromatic N) is 4. The summed E-state index contributed by atoms with van der Waals surface area (Å²) < 4.78 is 1.93. The number of nitrogens with one attached hydrogen (secondary N) is 1. The molecular formula is C13H23N5S. The Kier molecular flexibility index (Phi) is 4.38. The molecule has 19 heavy (non-hydrogen) atoms. The maximum absolute atomic E-state index is 4.16. The highest BCUT2D eigenvalue weighted by molar-refractivity contribution is 7.99. The van der Waals surface area contributed by atoms with E-state index in [4.69, 9.17) is 0 Å². The smallest absolute Gasteiger partial charge is 0.209 e. The Bertz CT molecular complexity index is 407. The van der Waals surface area contributed by atoms with E-state index in [1.807, 2.05) is 16.4 Å². The van der Waals surface area contributed by atoms with Crippen LogP contribution in [0, 0.1) is 17.8 Å². The normalized spacial score (nSPS) is 29.2. The van der Waals surface area contributed by atoms with Crippen LogP contribution < -0.4 is 5.32 Å². The molecule has 3 unspecified atom stereocenters. The fraction of sp³-hybridized carbons (Fsp3) is 0.923. The average Bonchev–Trinajstić information content (AvgIpc) is 3.13. The Labute approximate surface area is 118 Å². The zero-order valence-corrected chi connectivity index (χ0v) is 12.4. The van der Waals surface area contributed by atoms with Gasteiger partial charge in [-0.1, -0.05) is 25.1 Å². The number of hydrogen-bond acceptors (Lipinski definition) is 5. The highest BCUT2D eigenvalue weighted by Gasteiger charge is 2.39. The van der Waals surface area contributed by atoms with Crippen LogP contribution in [0.5, 0.6) is 0 Å². The van der Waals surface area contributed by atoms with E-state index in [9.17, 15) is 0 Å². The molecule has 6 heteroatoms. The molecule has 1 aromatic rings. The highest BCUT2D eigenvalue weighted by Crippen LogP contribution is 2.49. The summed E-state index contributed by atoms with van der Waals surface area (Å²) in [7, 11) is 0. The first-order chi connectivity index (χ1) is 9.36. The summed E-state index contributed by atoms with van der Waals surface area (Å²) in [6.45, 7) is 4.91.